The van der Waals surface area contributed by atoms with Crippen LogP contribution < -0.4 is 5.32 Å². The van der Waals surface area contributed by atoms with Crippen LogP contribution in [0.1, 0.15) is 19.8 Å². The molecule has 6 heteroatoms. The molecule has 0 saturated heterocycles. The summed E-state index contributed by atoms with van der Waals surface area (Å²) in [6, 6.07) is 0.131. The van der Waals surface area contributed by atoms with Crippen molar-refractivity contribution in [2.24, 2.45) is 4.99 Å². The zero-order valence-corrected chi connectivity index (χ0v) is 8.50. The van der Waals surface area contributed by atoms with Crippen LogP contribution in [0.25, 0.3) is 0 Å². The largest absolute Gasteiger partial charge is 0.411 e. The molecule has 1 aliphatic heterocycles. The standard InChI is InChI=1S/C8H11F3N2S/c1-5-4-14-6(12-5)13-7(2-3-7)8(9,10)11/h5H,2-4H2,1H3,(H,12,13). The summed E-state index contributed by atoms with van der Waals surface area (Å²) < 4.78 is 37.6. The molecule has 2 aliphatic rings. The molecule has 1 heterocycles. The molecule has 0 aromatic carbocycles. The van der Waals surface area contributed by atoms with Crippen LogP contribution in [-0.2, 0) is 0 Å². The van der Waals surface area contributed by atoms with Gasteiger partial charge < -0.3 is 5.32 Å². The van der Waals surface area contributed by atoms with Crippen molar-refractivity contribution in [2.75, 3.05) is 5.75 Å². The molecule has 14 heavy (non-hydrogen) atoms. The van der Waals surface area contributed by atoms with Gasteiger partial charge in [0.15, 0.2) is 5.17 Å². The molecule has 2 nitrogen and oxygen atoms in total. The molecule has 1 aliphatic carbocycles. The molecule has 1 saturated carbocycles. The Kier molecular flexibility index (Phi) is 2.21. The lowest BCUT2D eigenvalue weighted by Crippen LogP contribution is -2.46. The molecule has 1 N–H and O–H groups in total. The predicted octanol–water partition coefficient (Wildman–Crippen LogP) is 2.16. The SMILES string of the molecule is CC1CSC(NC2(C(F)(F)F)CC2)=N1. The first-order valence-electron chi connectivity index (χ1n) is 4.48. The maximum Gasteiger partial charge on any atom is 0.411 e. The number of alkyl halides is 3. The van der Waals surface area contributed by atoms with Crippen LogP contribution in [0.3, 0.4) is 0 Å². The van der Waals surface area contributed by atoms with Gasteiger partial charge in [0.1, 0.15) is 5.54 Å². The Morgan fingerprint density at radius 2 is 2.14 bits per heavy atom. The quantitative estimate of drug-likeness (QED) is 0.738. The maximum absolute atomic E-state index is 12.5. The Balaban J connectivity index is 2.01. The highest BCUT2D eigenvalue weighted by Gasteiger charge is 2.64. The molecular formula is C8H11F3N2S. The van der Waals surface area contributed by atoms with Crippen molar-refractivity contribution < 1.29 is 13.2 Å². The summed E-state index contributed by atoms with van der Waals surface area (Å²) in [4.78, 5) is 4.10. The van der Waals surface area contributed by atoms with Crippen LogP contribution in [0.2, 0.25) is 0 Å². The molecular weight excluding hydrogens is 213 g/mol. The highest BCUT2D eigenvalue weighted by atomic mass is 32.2. The minimum absolute atomic E-state index is 0.131. The van der Waals surface area contributed by atoms with E-state index in [9.17, 15) is 13.2 Å². The van der Waals surface area contributed by atoms with E-state index in [2.05, 4.69) is 10.3 Å². The summed E-state index contributed by atoms with van der Waals surface area (Å²) in [5.74, 6) is 0.774. The lowest BCUT2D eigenvalue weighted by atomic mass is 10.3. The van der Waals surface area contributed by atoms with E-state index in [-0.39, 0.29) is 18.9 Å². The Morgan fingerprint density at radius 1 is 1.50 bits per heavy atom. The summed E-state index contributed by atoms with van der Waals surface area (Å²) in [5.41, 5.74) is -1.66. The minimum Gasteiger partial charge on any atom is -0.351 e. The van der Waals surface area contributed by atoms with Gasteiger partial charge in [0.25, 0.3) is 0 Å². The third-order valence-corrected chi connectivity index (χ3v) is 3.57. The molecule has 1 atom stereocenters. The first kappa shape index (κ1) is 10.1. The van der Waals surface area contributed by atoms with E-state index in [0.29, 0.717) is 5.17 Å². The highest BCUT2D eigenvalue weighted by molar-refractivity contribution is 8.14. The number of halogens is 3. The van der Waals surface area contributed by atoms with Gasteiger partial charge in [-0.1, -0.05) is 11.8 Å². The van der Waals surface area contributed by atoms with Gasteiger partial charge in [-0.25, -0.2) is 0 Å². The first-order valence-corrected chi connectivity index (χ1v) is 5.47. The molecule has 0 aromatic heterocycles. The van der Waals surface area contributed by atoms with Crippen molar-refractivity contribution in [1.29, 1.82) is 0 Å². The Labute approximate surface area is 84.3 Å². The number of rotatable bonds is 1. The molecule has 0 bridgehead atoms. The number of hydrogen-bond acceptors (Lipinski definition) is 3. The molecule has 0 amide bonds. The van der Waals surface area contributed by atoms with Crippen molar-refractivity contribution in [3.63, 3.8) is 0 Å². The number of nitrogens with zero attached hydrogens (tertiary/aromatic N) is 1. The second-order valence-corrected chi connectivity index (χ2v) is 4.81. The summed E-state index contributed by atoms with van der Waals surface area (Å²) in [7, 11) is 0. The van der Waals surface area contributed by atoms with Gasteiger partial charge >= 0.3 is 6.18 Å². The van der Waals surface area contributed by atoms with Gasteiger partial charge in [0.2, 0.25) is 0 Å². The summed E-state index contributed by atoms with van der Waals surface area (Å²) >= 11 is 1.37. The zero-order chi connectivity index (χ0) is 10.4. The number of aliphatic imine (C=N–C) groups is 1. The van der Waals surface area contributed by atoms with E-state index in [1.807, 2.05) is 6.92 Å². The van der Waals surface area contributed by atoms with E-state index in [0.717, 1.165) is 5.75 Å². The normalized spacial score (nSPS) is 30.0. The van der Waals surface area contributed by atoms with Crippen LogP contribution in [0.4, 0.5) is 13.2 Å². The molecule has 1 fully saturated rings. The maximum atomic E-state index is 12.5. The van der Waals surface area contributed by atoms with Crippen LogP contribution >= 0.6 is 11.8 Å². The average molecular weight is 224 g/mol. The van der Waals surface area contributed by atoms with Gasteiger partial charge in [0, 0.05) is 5.75 Å². The number of amidine groups is 1. The monoisotopic (exact) mass is 224 g/mol. The van der Waals surface area contributed by atoms with E-state index in [4.69, 9.17) is 0 Å². The van der Waals surface area contributed by atoms with Crippen LogP contribution in [0.5, 0.6) is 0 Å². The van der Waals surface area contributed by atoms with Crippen molar-refractivity contribution in [3.8, 4) is 0 Å². The van der Waals surface area contributed by atoms with Crippen LogP contribution in [0, 0.1) is 0 Å². The lowest BCUT2D eigenvalue weighted by Gasteiger charge is -2.21. The van der Waals surface area contributed by atoms with Gasteiger partial charge in [0.05, 0.1) is 6.04 Å². The van der Waals surface area contributed by atoms with E-state index in [1.54, 1.807) is 0 Å². The van der Waals surface area contributed by atoms with Crippen molar-refractivity contribution >= 4 is 16.9 Å². The second kappa shape index (κ2) is 3.05. The van der Waals surface area contributed by atoms with E-state index >= 15 is 0 Å². The summed E-state index contributed by atoms with van der Waals surface area (Å²) in [6.07, 6.45) is -3.81. The van der Waals surface area contributed by atoms with E-state index < -0.39 is 11.7 Å². The van der Waals surface area contributed by atoms with Gasteiger partial charge in [-0.2, -0.15) is 13.2 Å². The van der Waals surface area contributed by atoms with Crippen molar-refractivity contribution in [3.05, 3.63) is 0 Å². The second-order valence-electron chi connectivity index (χ2n) is 3.80. The Bertz CT molecular complexity index is 270. The van der Waals surface area contributed by atoms with E-state index in [1.165, 1.54) is 11.8 Å². The molecule has 1 unspecified atom stereocenters. The minimum atomic E-state index is -4.15. The predicted molar refractivity (Wildman–Crippen MR) is 50.5 cm³/mol. The van der Waals surface area contributed by atoms with Crippen LogP contribution in [0.15, 0.2) is 4.99 Å². The average Bonchev–Trinajstić information content (AvgIpc) is 2.71. The van der Waals surface area contributed by atoms with Gasteiger partial charge in [-0.05, 0) is 19.8 Å². The molecule has 2 rings (SSSR count). The third kappa shape index (κ3) is 1.71. The molecule has 0 radical (unpaired) electrons. The highest BCUT2D eigenvalue weighted by Crippen LogP contribution is 2.49. The third-order valence-electron chi connectivity index (χ3n) is 2.44. The van der Waals surface area contributed by atoms with Gasteiger partial charge in [-0.15, -0.1) is 0 Å². The fraction of sp³-hybridized carbons (Fsp3) is 0.875. The molecule has 0 spiro atoms. The molecule has 80 valence electrons. The number of hydrogen-bond donors (Lipinski definition) is 1. The topological polar surface area (TPSA) is 24.4 Å². The fourth-order valence-electron chi connectivity index (χ4n) is 1.35. The fourth-order valence-corrected chi connectivity index (χ4v) is 2.35. The first-order chi connectivity index (χ1) is 6.43. The molecule has 0 aromatic rings. The van der Waals surface area contributed by atoms with Crippen LogP contribution in [-0.4, -0.2) is 28.7 Å². The zero-order valence-electron chi connectivity index (χ0n) is 7.69. The number of nitrogens with one attached hydrogen (secondary N) is 1. The summed E-state index contributed by atoms with van der Waals surface area (Å²) in [6.45, 7) is 1.90. The summed E-state index contributed by atoms with van der Waals surface area (Å²) in [5, 5.41) is 2.98. The van der Waals surface area contributed by atoms with Gasteiger partial charge in [-0.3, -0.25) is 4.99 Å². The smallest absolute Gasteiger partial charge is 0.351 e. The number of thioether (sulfide) groups is 1. The Morgan fingerprint density at radius 3 is 2.50 bits per heavy atom. The Hall–Kier alpha value is -0.390. The van der Waals surface area contributed by atoms with Crippen molar-refractivity contribution in [2.45, 2.75) is 37.5 Å². The lowest BCUT2D eigenvalue weighted by molar-refractivity contribution is -0.161. The van der Waals surface area contributed by atoms with Crippen molar-refractivity contribution in [1.82, 2.24) is 5.32 Å².